The third-order valence-electron chi connectivity index (χ3n) is 5.12. The predicted molar refractivity (Wildman–Crippen MR) is 114 cm³/mol. The third-order valence-corrected chi connectivity index (χ3v) is 5.12. The molecular weight excluding hydrogens is 421 g/mol. The fraction of sp³-hybridized carbons (Fsp3) is 0.208. The fourth-order valence-electron chi connectivity index (χ4n) is 3.44. The number of ether oxygens (including phenoxy) is 1. The Balaban J connectivity index is 2.28. The number of nitrogens with zero attached hydrogens (tertiary/aromatic N) is 2. The Morgan fingerprint density at radius 2 is 1.75 bits per heavy atom. The Hall–Kier alpha value is -3.86. The van der Waals surface area contributed by atoms with Crippen molar-refractivity contribution >= 4 is 11.7 Å². The Morgan fingerprint density at radius 3 is 2.28 bits per heavy atom. The van der Waals surface area contributed by atoms with Gasteiger partial charge in [-0.3, -0.25) is 4.79 Å². The Labute approximate surface area is 182 Å². The molecule has 0 saturated carbocycles. The van der Waals surface area contributed by atoms with Crippen molar-refractivity contribution in [3.8, 4) is 11.3 Å². The van der Waals surface area contributed by atoms with Gasteiger partial charge in [0.2, 0.25) is 0 Å². The first kappa shape index (κ1) is 22.8. The van der Waals surface area contributed by atoms with Gasteiger partial charge in [-0.25, -0.2) is 9.64 Å². The molecule has 0 aliphatic carbocycles. The molecule has 0 radical (unpaired) electrons. The lowest BCUT2D eigenvalue weighted by Crippen LogP contribution is -2.25. The van der Waals surface area contributed by atoms with E-state index in [1.807, 2.05) is 26.0 Å². The topological polar surface area (TPSA) is 52.7 Å². The quantitative estimate of drug-likeness (QED) is 0.396. The normalized spacial score (nSPS) is 11.2. The highest BCUT2D eigenvalue weighted by atomic mass is 19.4. The van der Waals surface area contributed by atoms with Crippen LogP contribution in [0.3, 0.4) is 0 Å². The summed E-state index contributed by atoms with van der Waals surface area (Å²) < 4.78 is 46.7. The van der Waals surface area contributed by atoms with Crippen LogP contribution in [0.25, 0.3) is 16.1 Å². The maximum Gasteiger partial charge on any atom is 0.407 e. The van der Waals surface area contributed by atoms with Crippen molar-refractivity contribution in [1.29, 1.82) is 0 Å². The molecule has 0 bridgehead atoms. The van der Waals surface area contributed by atoms with Crippen molar-refractivity contribution in [2.45, 2.75) is 26.6 Å². The summed E-state index contributed by atoms with van der Waals surface area (Å²) in [5, 5.41) is 0. The maximum absolute atomic E-state index is 13.6. The average molecular weight is 440 g/mol. The lowest BCUT2D eigenvalue weighted by atomic mass is 10.0. The number of hydrogen-bond donors (Lipinski definition) is 0. The number of aryl methyl sites for hydroxylation is 2. The highest BCUT2D eigenvalue weighted by molar-refractivity contribution is 5.89. The zero-order chi connectivity index (χ0) is 23.6. The Kier molecular flexibility index (Phi) is 6.21. The summed E-state index contributed by atoms with van der Waals surface area (Å²) in [6, 6.07) is 12.1. The van der Waals surface area contributed by atoms with Crippen molar-refractivity contribution in [3.05, 3.63) is 98.1 Å². The number of hydrogen-bond acceptors (Lipinski definition) is 3. The minimum atomic E-state index is -4.88. The van der Waals surface area contributed by atoms with E-state index in [1.54, 1.807) is 6.07 Å². The van der Waals surface area contributed by atoms with Crippen molar-refractivity contribution in [3.63, 3.8) is 0 Å². The van der Waals surface area contributed by atoms with Crippen molar-refractivity contribution in [2.24, 2.45) is 0 Å². The van der Waals surface area contributed by atoms with Gasteiger partial charge in [-0.1, -0.05) is 35.9 Å². The number of benzene rings is 2. The van der Waals surface area contributed by atoms with E-state index in [4.69, 9.17) is 6.57 Å². The van der Waals surface area contributed by atoms with Crippen LogP contribution in [0.5, 0.6) is 0 Å². The van der Waals surface area contributed by atoms with Gasteiger partial charge in [0.25, 0.3) is 11.2 Å². The molecule has 32 heavy (non-hydrogen) atoms. The van der Waals surface area contributed by atoms with Crippen molar-refractivity contribution < 1.29 is 22.7 Å². The molecular formula is C24H19F3N2O3. The van der Waals surface area contributed by atoms with Crippen LogP contribution in [0.1, 0.15) is 32.6 Å². The summed E-state index contributed by atoms with van der Waals surface area (Å²) in [6.07, 6.45) is -4.88. The van der Waals surface area contributed by atoms with Gasteiger partial charge in [0, 0.05) is 5.69 Å². The van der Waals surface area contributed by atoms with Crippen molar-refractivity contribution in [1.82, 2.24) is 4.57 Å². The van der Waals surface area contributed by atoms with Crippen LogP contribution < -0.4 is 5.56 Å². The van der Waals surface area contributed by atoms with E-state index in [0.29, 0.717) is 5.56 Å². The van der Waals surface area contributed by atoms with Crippen LogP contribution in [0.4, 0.5) is 18.9 Å². The molecule has 8 heteroatoms. The number of pyridine rings is 1. The first-order valence-corrected chi connectivity index (χ1v) is 9.54. The van der Waals surface area contributed by atoms with Crippen LogP contribution in [-0.4, -0.2) is 17.6 Å². The van der Waals surface area contributed by atoms with Gasteiger partial charge < -0.3 is 9.30 Å². The van der Waals surface area contributed by atoms with Gasteiger partial charge in [0.05, 0.1) is 31.4 Å². The monoisotopic (exact) mass is 440 g/mol. The van der Waals surface area contributed by atoms with Crippen LogP contribution >= 0.6 is 0 Å². The number of halogens is 3. The predicted octanol–water partition coefficient (Wildman–Crippen LogP) is 5.54. The number of carbonyl (C=O) groups is 1. The molecule has 3 aromatic rings. The first-order chi connectivity index (χ1) is 15.1. The Morgan fingerprint density at radius 1 is 1.09 bits per heavy atom. The van der Waals surface area contributed by atoms with E-state index in [1.165, 1.54) is 31.4 Å². The van der Waals surface area contributed by atoms with Gasteiger partial charge in [-0.15, -0.1) is 0 Å². The molecule has 2 aromatic carbocycles. The lowest BCUT2D eigenvalue weighted by Gasteiger charge is -2.19. The van der Waals surface area contributed by atoms with Gasteiger partial charge in [0.15, 0.2) is 0 Å². The summed E-state index contributed by atoms with van der Waals surface area (Å²) in [7, 11) is 1.22. The van der Waals surface area contributed by atoms with E-state index in [2.05, 4.69) is 9.58 Å². The summed E-state index contributed by atoms with van der Waals surface area (Å²) in [5.41, 5.74) is -0.179. The zero-order valence-corrected chi connectivity index (χ0v) is 17.6. The van der Waals surface area contributed by atoms with Gasteiger partial charge in [-0.2, -0.15) is 13.2 Å². The molecule has 0 amide bonds. The van der Waals surface area contributed by atoms with Crippen LogP contribution in [0.2, 0.25) is 0 Å². The van der Waals surface area contributed by atoms with E-state index < -0.39 is 29.0 Å². The number of rotatable bonds is 4. The lowest BCUT2D eigenvalue weighted by molar-refractivity contribution is -0.136. The van der Waals surface area contributed by atoms with E-state index in [-0.39, 0.29) is 17.8 Å². The molecule has 0 N–H and O–H groups in total. The molecule has 0 aliphatic heterocycles. The molecule has 0 aliphatic rings. The second-order valence-electron chi connectivity index (χ2n) is 7.29. The Bertz CT molecular complexity index is 1280. The number of aromatic nitrogens is 1. The van der Waals surface area contributed by atoms with Gasteiger partial charge in [-0.05, 0) is 48.7 Å². The van der Waals surface area contributed by atoms with Gasteiger partial charge in [0.1, 0.15) is 0 Å². The number of methoxy groups -OCH3 is 1. The molecule has 164 valence electrons. The zero-order valence-electron chi connectivity index (χ0n) is 17.6. The molecule has 0 atom stereocenters. The standard InChI is InChI=1S/C24H19F3N2O3/c1-14-5-6-18(15(2)11-14)13-29-20(16-7-9-17(10-8-16)23(31)32-4)12-19(24(25,26)27)21(28-3)22(29)30/h5-12H,13H2,1-2,4H3. The fourth-order valence-corrected chi connectivity index (χ4v) is 3.44. The average Bonchev–Trinajstić information content (AvgIpc) is 2.75. The second-order valence-corrected chi connectivity index (χ2v) is 7.29. The SMILES string of the molecule is [C-]#[N+]c1c(C(F)(F)F)cc(-c2ccc(C(=O)OC)cc2)n(Cc2ccc(C)cc2C)c1=O. The van der Waals surface area contributed by atoms with E-state index in [9.17, 15) is 22.8 Å². The number of alkyl halides is 3. The molecule has 5 nitrogen and oxygen atoms in total. The number of carbonyl (C=O) groups excluding carboxylic acids is 1. The molecule has 0 unspecified atom stereocenters. The van der Waals surface area contributed by atoms with Gasteiger partial charge >= 0.3 is 12.1 Å². The van der Waals surface area contributed by atoms with Crippen LogP contribution in [0, 0.1) is 20.4 Å². The largest absolute Gasteiger partial charge is 0.465 e. The third kappa shape index (κ3) is 4.42. The molecule has 1 aromatic heterocycles. The smallest absolute Gasteiger partial charge is 0.407 e. The molecule has 3 rings (SSSR count). The highest BCUT2D eigenvalue weighted by Gasteiger charge is 2.36. The minimum Gasteiger partial charge on any atom is -0.465 e. The summed E-state index contributed by atoms with van der Waals surface area (Å²) in [6.45, 7) is 10.9. The number of esters is 1. The molecule has 0 fully saturated rings. The van der Waals surface area contributed by atoms with Crippen LogP contribution in [0.15, 0.2) is 53.3 Å². The highest BCUT2D eigenvalue weighted by Crippen LogP contribution is 2.37. The second kappa shape index (κ2) is 8.71. The summed E-state index contributed by atoms with van der Waals surface area (Å²) in [5.74, 6) is -0.594. The molecule has 0 saturated heterocycles. The van der Waals surface area contributed by atoms with Crippen molar-refractivity contribution in [2.75, 3.05) is 7.11 Å². The van der Waals surface area contributed by atoms with Crippen LogP contribution in [-0.2, 0) is 17.5 Å². The first-order valence-electron chi connectivity index (χ1n) is 9.54. The van der Waals surface area contributed by atoms with E-state index >= 15 is 0 Å². The molecule has 0 spiro atoms. The minimum absolute atomic E-state index is 0.00823. The summed E-state index contributed by atoms with van der Waals surface area (Å²) in [4.78, 5) is 27.6. The maximum atomic E-state index is 13.6. The summed E-state index contributed by atoms with van der Waals surface area (Å²) >= 11 is 0. The van der Waals surface area contributed by atoms with E-state index in [0.717, 1.165) is 27.3 Å². The molecule has 1 heterocycles.